The van der Waals surface area contributed by atoms with Gasteiger partial charge in [-0.3, -0.25) is 0 Å². The zero-order valence-electron chi connectivity index (χ0n) is 11.3. The summed E-state index contributed by atoms with van der Waals surface area (Å²) in [5.74, 6) is -2.70. The summed E-state index contributed by atoms with van der Waals surface area (Å²) in [7, 11) is 0. The van der Waals surface area contributed by atoms with E-state index in [1.165, 1.54) is 37.8 Å². The first-order chi connectivity index (χ1) is 9.06. The van der Waals surface area contributed by atoms with Gasteiger partial charge in [-0.15, -0.1) is 0 Å². The molecule has 0 heterocycles. The van der Waals surface area contributed by atoms with E-state index in [1.54, 1.807) is 0 Å². The second-order valence-corrected chi connectivity index (χ2v) is 5.57. The van der Waals surface area contributed by atoms with Crippen LogP contribution in [0.25, 0.3) is 0 Å². The zero-order valence-corrected chi connectivity index (χ0v) is 11.3. The summed E-state index contributed by atoms with van der Waals surface area (Å²) in [6.45, 7) is 3.51. The highest BCUT2D eigenvalue weighted by Gasteiger charge is 2.31. The minimum atomic E-state index is -0.900. The van der Waals surface area contributed by atoms with Gasteiger partial charge in [0.15, 0.2) is 17.4 Å². The first-order valence-corrected chi connectivity index (χ1v) is 6.94. The Labute approximate surface area is 112 Å². The molecular formula is C15H21F2NO. The van der Waals surface area contributed by atoms with Gasteiger partial charge in [0.1, 0.15) is 0 Å². The molecule has 0 amide bonds. The number of hydrogen-bond donors (Lipinski definition) is 2. The lowest BCUT2D eigenvalue weighted by Crippen LogP contribution is -2.31. The third-order valence-electron chi connectivity index (χ3n) is 4.32. The Balaban J connectivity index is 1.92. The van der Waals surface area contributed by atoms with Crippen LogP contribution in [-0.2, 0) is 6.54 Å². The van der Waals surface area contributed by atoms with E-state index in [2.05, 4.69) is 12.2 Å². The van der Waals surface area contributed by atoms with Crippen molar-refractivity contribution < 1.29 is 13.9 Å². The molecule has 0 atom stereocenters. The first kappa shape index (κ1) is 14.3. The van der Waals surface area contributed by atoms with Gasteiger partial charge in [-0.2, -0.15) is 0 Å². The molecule has 19 heavy (non-hydrogen) atoms. The van der Waals surface area contributed by atoms with Gasteiger partial charge in [0, 0.05) is 13.1 Å². The number of halogens is 2. The summed E-state index contributed by atoms with van der Waals surface area (Å²) in [6.07, 6.45) is 6.15. The van der Waals surface area contributed by atoms with E-state index < -0.39 is 17.4 Å². The monoisotopic (exact) mass is 269 g/mol. The van der Waals surface area contributed by atoms with Crippen molar-refractivity contribution in [2.24, 2.45) is 5.41 Å². The molecule has 1 aromatic rings. The van der Waals surface area contributed by atoms with Crippen LogP contribution < -0.4 is 5.32 Å². The van der Waals surface area contributed by atoms with Crippen molar-refractivity contribution >= 4 is 0 Å². The molecule has 0 saturated heterocycles. The highest BCUT2D eigenvalue weighted by atomic mass is 19.1. The fourth-order valence-electron chi connectivity index (χ4n) is 2.97. The fourth-order valence-corrected chi connectivity index (χ4v) is 2.97. The predicted molar refractivity (Wildman–Crippen MR) is 70.9 cm³/mol. The predicted octanol–water partition coefficient (Wildman–Crippen LogP) is 3.73. The van der Waals surface area contributed by atoms with Crippen molar-refractivity contribution in [1.29, 1.82) is 0 Å². The second kappa shape index (κ2) is 5.87. The number of aromatic hydroxyl groups is 1. The van der Waals surface area contributed by atoms with Gasteiger partial charge in [0.2, 0.25) is 0 Å². The molecule has 1 fully saturated rings. The van der Waals surface area contributed by atoms with Crippen LogP contribution in [0.2, 0.25) is 0 Å². The van der Waals surface area contributed by atoms with Gasteiger partial charge in [0.05, 0.1) is 0 Å². The Bertz CT molecular complexity index is 419. The summed E-state index contributed by atoms with van der Waals surface area (Å²) in [4.78, 5) is 0. The second-order valence-electron chi connectivity index (χ2n) is 5.57. The van der Waals surface area contributed by atoms with Crippen molar-refractivity contribution in [3.63, 3.8) is 0 Å². The molecule has 1 aliphatic rings. The minimum absolute atomic E-state index is 0.355. The standard InChI is InChI=1S/C15H21F2NO/c1-2-15(5-3-4-6-15)10-18-9-11-7-12(16)14(19)13(17)8-11/h7-8,18-19H,2-6,9-10H2,1H3. The largest absolute Gasteiger partial charge is 0.503 e. The Morgan fingerprint density at radius 3 is 2.32 bits per heavy atom. The summed E-state index contributed by atoms with van der Waals surface area (Å²) in [5.41, 5.74) is 0.880. The Morgan fingerprint density at radius 1 is 1.21 bits per heavy atom. The van der Waals surface area contributed by atoms with E-state index >= 15 is 0 Å². The molecule has 1 aromatic carbocycles. The van der Waals surface area contributed by atoms with Crippen LogP contribution in [0.3, 0.4) is 0 Å². The maximum absolute atomic E-state index is 13.2. The molecule has 0 bridgehead atoms. The average molecular weight is 269 g/mol. The number of phenols is 1. The SMILES string of the molecule is CCC1(CNCc2cc(F)c(O)c(F)c2)CCCC1. The number of benzene rings is 1. The van der Waals surface area contributed by atoms with Gasteiger partial charge < -0.3 is 10.4 Å². The average Bonchev–Trinajstić information content (AvgIpc) is 2.85. The van der Waals surface area contributed by atoms with Crippen molar-refractivity contribution in [1.82, 2.24) is 5.32 Å². The van der Waals surface area contributed by atoms with Gasteiger partial charge in [-0.1, -0.05) is 19.8 Å². The Morgan fingerprint density at radius 2 is 1.79 bits per heavy atom. The first-order valence-electron chi connectivity index (χ1n) is 6.94. The van der Waals surface area contributed by atoms with Gasteiger partial charge in [-0.05, 0) is 42.4 Å². The molecule has 4 heteroatoms. The third-order valence-corrected chi connectivity index (χ3v) is 4.32. The normalized spacial score (nSPS) is 17.8. The molecule has 0 aromatic heterocycles. The maximum atomic E-state index is 13.2. The van der Waals surface area contributed by atoms with E-state index in [0.29, 0.717) is 17.5 Å². The van der Waals surface area contributed by atoms with Crippen LogP contribution in [-0.4, -0.2) is 11.7 Å². The zero-order chi connectivity index (χ0) is 13.9. The van der Waals surface area contributed by atoms with Crippen LogP contribution >= 0.6 is 0 Å². The van der Waals surface area contributed by atoms with E-state index in [4.69, 9.17) is 5.11 Å². The van der Waals surface area contributed by atoms with E-state index in [-0.39, 0.29) is 0 Å². The molecular weight excluding hydrogens is 248 g/mol. The van der Waals surface area contributed by atoms with Crippen molar-refractivity contribution in [3.8, 4) is 5.75 Å². The molecule has 106 valence electrons. The summed E-state index contributed by atoms with van der Waals surface area (Å²) >= 11 is 0. The van der Waals surface area contributed by atoms with E-state index in [1.807, 2.05) is 0 Å². The number of rotatable bonds is 5. The number of hydrogen-bond acceptors (Lipinski definition) is 2. The smallest absolute Gasteiger partial charge is 0.187 e. The molecule has 0 spiro atoms. The molecule has 1 saturated carbocycles. The van der Waals surface area contributed by atoms with Crippen molar-refractivity contribution in [3.05, 3.63) is 29.3 Å². The molecule has 2 nitrogen and oxygen atoms in total. The molecule has 1 aliphatic carbocycles. The molecule has 2 N–H and O–H groups in total. The minimum Gasteiger partial charge on any atom is -0.503 e. The van der Waals surface area contributed by atoms with Crippen LogP contribution in [0.5, 0.6) is 5.75 Å². The highest BCUT2D eigenvalue weighted by molar-refractivity contribution is 5.29. The Hall–Kier alpha value is -1.16. The number of phenolic OH excluding ortho intramolecular Hbond substituents is 1. The van der Waals surface area contributed by atoms with E-state index in [0.717, 1.165) is 13.0 Å². The highest BCUT2D eigenvalue weighted by Crippen LogP contribution is 2.40. The number of nitrogens with one attached hydrogen (secondary N) is 1. The summed E-state index contributed by atoms with van der Waals surface area (Å²) in [5, 5.41) is 12.3. The lowest BCUT2D eigenvalue weighted by Gasteiger charge is -2.27. The summed E-state index contributed by atoms with van der Waals surface area (Å²) in [6, 6.07) is 2.36. The van der Waals surface area contributed by atoms with Gasteiger partial charge in [-0.25, -0.2) is 8.78 Å². The van der Waals surface area contributed by atoms with Crippen molar-refractivity contribution in [2.75, 3.05) is 6.54 Å². The van der Waals surface area contributed by atoms with Gasteiger partial charge >= 0.3 is 0 Å². The van der Waals surface area contributed by atoms with Crippen molar-refractivity contribution in [2.45, 2.75) is 45.6 Å². The van der Waals surface area contributed by atoms with Crippen LogP contribution in [0.1, 0.15) is 44.6 Å². The lowest BCUT2D eigenvalue weighted by molar-refractivity contribution is 0.268. The van der Waals surface area contributed by atoms with E-state index in [9.17, 15) is 8.78 Å². The molecule has 0 aliphatic heterocycles. The topological polar surface area (TPSA) is 32.3 Å². The van der Waals surface area contributed by atoms with Crippen LogP contribution in [0.4, 0.5) is 8.78 Å². The molecule has 0 radical (unpaired) electrons. The van der Waals surface area contributed by atoms with Crippen LogP contribution in [0, 0.1) is 17.0 Å². The lowest BCUT2D eigenvalue weighted by atomic mass is 9.83. The molecule has 2 rings (SSSR count). The van der Waals surface area contributed by atoms with Crippen LogP contribution in [0.15, 0.2) is 12.1 Å². The third kappa shape index (κ3) is 3.24. The summed E-state index contributed by atoms with van der Waals surface area (Å²) < 4.78 is 26.4. The maximum Gasteiger partial charge on any atom is 0.187 e. The Kier molecular flexibility index (Phi) is 4.40. The quantitative estimate of drug-likeness (QED) is 0.853. The molecule has 0 unspecified atom stereocenters. The fraction of sp³-hybridized carbons (Fsp3) is 0.600. The van der Waals surface area contributed by atoms with Gasteiger partial charge in [0.25, 0.3) is 0 Å².